The monoisotopic (exact) mass is 368 g/mol. The number of nitrogens with zero attached hydrogens (tertiary/aromatic N) is 5. The first-order chi connectivity index (χ1) is 13.0. The number of carbonyl (C=O) groups excluding carboxylic acids is 1. The van der Waals surface area contributed by atoms with Crippen molar-refractivity contribution in [1.82, 2.24) is 20.0 Å². The minimum absolute atomic E-state index is 0.271. The molecule has 0 spiro atoms. The fraction of sp³-hybridized carbons (Fsp3) is 0.333. The predicted octanol–water partition coefficient (Wildman–Crippen LogP) is 1.24. The molecule has 2 aliphatic rings. The molecule has 0 fully saturated rings. The van der Waals surface area contributed by atoms with Gasteiger partial charge in [0.25, 0.3) is 5.91 Å². The molecule has 3 heterocycles. The molecule has 2 aromatic rings. The predicted molar refractivity (Wildman–Crippen MR) is 100 cm³/mol. The molecule has 2 aliphatic heterocycles. The third-order valence-corrected chi connectivity index (χ3v) is 4.53. The van der Waals surface area contributed by atoms with E-state index in [2.05, 4.69) is 20.4 Å². The lowest BCUT2D eigenvalue weighted by Gasteiger charge is -2.28. The van der Waals surface area contributed by atoms with Gasteiger partial charge in [0.1, 0.15) is 11.5 Å². The molecule has 0 atom stereocenters. The lowest BCUT2D eigenvalue weighted by Crippen LogP contribution is -2.47. The Morgan fingerprint density at radius 1 is 1.19 bits per heavy atom. The largest absolute Gasteiger partial charge is 0.493 e. The van der Waals surface area contributed by atoms with Gasteiger partial charge >= 0.3 is 0 Å². The number of aryl methyl sites for hydroxylation is 2. The van der Waals surface area contributed by atoms with E-state index < -0.39 is 0 Å². The summed E-state index contributed by atoms with van der Waals surface area (Å²) >= 11 is 0. The molecule has 0 unspecified atom stereocenters. The Morgan fingerprint density at radius 3 is 2.59 bits per heavy atom. The number of carbonyl (C=O) groups is 1. The average Bonchev–Trinajstić information content (AvgIpc) is 3.27. The van der Waals surface area contributed by atoms with Crippen molar-refractivity contribution in [3.63, 3.8) is 0 Å². The smallest absolute Gasteiger partial charge is 0.276 e. The van der Waals surface area contributed by atoms with Crippen LogP contribution in [0.4, 0.5) is 5.69 Å². The minimum Gasteiger partial charge on any atom is -0.493 e. The third-order valence-electron chi connectivity index (χ3n) is 4.53. The molecule has 1 amide bonds. The van der Waals surface area contributed by atoms with Gasteiger partial charge in [0.2, 0.25) is 5.96 Å². The summed E-state index contributed by atoms with van der Waals surface area (Å²) < 4.78 is 12.3. The molecular weight excluding hydrogens is 348 g/mol. The van der Waals surface area contributed by atoms with Gasteiger partial charge in [0, 0.05) is 25.2 Å². The van der Waals surface area contributed by atoms with Crippen LogP contribution < -0.4 is 14.8 Å². The highest BCUT2D eigenvalue weighted by atomic mass is 16.5. The van der Waals surface area contributed by atoms with Crippen molar-refractivity contribution >= 4 is 23.4 Å². The van der Waals surface area contributed by atoms with Crippen molar-refractivity contribution in [2.75, 3.05) is 27.3 Å². The first-order valence-corrected chi connectivity index (χ1v) is 8.51. The summed E-state index contributed by atoms with van der Waals surface area (Å²) in [5, 5.41) is 7.11. The Balaban J connectivity index is 1.74. The van der Waals surface area contributed by atoms with Gasteiger partial charge in [-0.25, -0.2) is 4.99 Å². The van der Waals surface area contributed by atoms with E-state index in [0.29, 0.717) is 41.9 Å². The Hall–Kier alpha value is -3.36. The molecule has 1 N–H and O–H groups in total. The molecule has 0 saturated carbocycles. The number of guanidine groups is 1. The summed E-state index contributed by atoms with van der Waals surface area (Å²) in [5.41, 5.74) is 2.75. The summed E-state index contributed by atoms with van der Waals surface area (Å²) in [6, 6.07) is 5.38. The molecule has 140 valence electrons. The molecule has 9 nitrogen and oxygen atoms in total. The van der Waals surface area contributed by atoms with E-state index in [9.17, 15) is 4.79 Å². The van der Waals surface area contributed by atoms with E-state index in [1.165, 1.54) is 0 Å². The van der Waals surface area contributed by atoms with Crippen LogP contribution in [0.3, 0.4) is 0 Å². The lowest BCUT2D eigenvalue weighted by atomic mass is 10.1. The van der Waals surface area contributed by atoms with Crippen molar-refractivity contribution < 1.29 is 14.3 Å². The standard InChI is InChI=1S/C18H20N6O3/c1-10-7-13(23(2)22-10)17(25)21-18-20-12-9-15(27-4)14(26-3)8-11(12)16-19-5-6-24(16)18/h7-9H,5-6H2,1-4H3,(H,20,21,25). The van der Waals surface area contributed by atoms with Crippen LogP contribution in [-0.4, -0.2) is 59.7 Å². The first kappa shape index (κ1) is 17.1. The maximum absolute atomic E-state index is 12.7. The van der Waals surface area contributed by atoms with E-state index in [1.807, 2.05) is 17.9 Å². The average molecular weight is 368 g/mol. The van der Waals surface area contributed by atoms with Crippen molar-refractivity contribution in [3.05, 3.63) is 35.2 Å². The molecule has 0 radical (unpaired) electrons. The zero-order valence-corrected chi connectivity index (χ0v) is 15.6. The number of nitrogens with one attached hydrogen (secondary N) is 1. The van der Waals surface area contributed by atoms with Gasteiger partial charge in [0.15, 0.2) is 11.5 Å². The van der Waals surface area contributed by atoms with Crippen LogP contribution in [0.25, 0.3) is 0 Å². The minimum atomic E-state index is -0.271. The van der Waals surface area contributed by atoms with Gasteiger partial charge in [0.05, 0.1) is 32.1 Å². The maximum Gasteiger partial charge on any atom is 0.276 e. The zero-order valence-electron chi connectivity index (χ0n) is 15.6. The SMILES string of the molecule is COc1cc2c(cc1OC)C1=NCCN1C(NC(=O)c1cc(C)nn1C)=N2. The van der Waals surface area contributed by atoms with Crippen molar-refractivity contribution in [2.24, 2.45) is 17.0 Å². The quantitative estimate of drug-likeness (QED) is 0.880. The Bertz CT molecular complexity index is 991. The number of fused-ring (bicyclic) bond motifs is 3. The lowest BCUT2D eigenvalue weighted by molar-refractivity contribution is 0.0965. The van der Waals surface area contributed by atoms with Crippen molar-refractivity contribution in [1.29, 1.82) is 0 Å². The van der Waals surface area contributed by atoms with Gasteiger partial charge < -0.3 is 9.47 Å². The van der Waals surface area contributed by atoms with Crippen LogP contribution in [0, 0.1) is 6.92 Å². The maximum atomic E-state index is 12.7. The summed E-state index contributed by atoms with van der Waals surface area (Å²) in [6.45, 7) is 3.12. The summed E-state index contributed by atoms with van der Waals surface area (Å²) in [5.74, 6) is 2.11. The number of ether oxygens (including phenoxy) is 2. The number of rotatable bonds is 3. The number of methoxy groups -OCH3 is 2. The van der Waals surface area contributed by atoms with Gasteiger partial charge in [-0.15, -0.1) is 0 Å². The Morgan fingerprint density at radius 2 is 1.93 bits per heavy atom. The van der Waals surface area contributed by atoms with Crippen molar-refractivity contribution in [2.45, 2.75) is 6.92 Å². The fourth-order valence-electron chi connectivity index (χ4n) is 3.28. The normalized spacial score (nSPS) is 14.9. The molecule has 1 aromatic carbocycles. The number of hydrogen-bond acceptors (Lipinski definition) is 7. The van der Waals surface area contributed by atoms with Crippen molar-refractivity contribution in [3.8, 4) is 11.5 Å². The number of hydrogen-bond donors (Lipinski definition) is 1. The van der Waals surface area contributed by atoms with Gasteiger partial charge in [-0.05, 0) is 19.1 Å². The summed E-state index contributed by atoms with van der Waals surface area (Å²) in [6.07, 6.45) is 0. The highest BCUT2D eigenvalue weighted by Crippen LogP contribution is 2.38. The second-order valence-corrected chi connectivity index (χ2v) is 6.27. The molecule has 0 aliphatic carbocycles. The number of aromatic nitrogens is 2. The van der Waals surface area contributed by atoms with Crippen LogP contribution in [0.2, 0.25) is 0 Å². The molecule has 9 heteroatoms. The summed E-state index contributed by atoms with van der Waals surface area (Å²) in [7, 11) is 4.90. The zero-order chi connectivity index (χ0) is 19.1. The topological polar surface area (TPSA) is 93.3 Å². The van der Waals surface area contributed by atoms with Crippen LogP contribution in [-0.2, 0) is 7.05 Å². The Labute approximate surface area is 156 Å². The fourth-order valence-corrected chi connectivity index (χ4v) is 3.28. The molecule has 1 aromatic heterocycles. The molecule has 27 heavy (non-hydrogen) atoms. The van der Waals surface area contributed by atoms with E-state index in [0.717, 1.165) is 17.1 Å². The van der Waals surface area contributed by atoms with E-state index >= 15 is 0 Å². The highest BCUT2D eigenvalue weighted by Gasteiger charge is 2.32. The van der Waals surface area contributed by atoms with Gasteiger partial charge in [-0.2, -0.15) is 5.10 Å². The number of amides is 1. The Kier molecular flexibility index (Phi) is 4.06. The second-order valence-electron chi connectivity index (χ2n) is 6.27. The van der Waals surface area contributed by atoms with Crippen LogP contribution in [0.1, 0.15) is 21.7 Å². The van der Waals surface area contributed by atoms with Crippen LogP contribution >= 0.6 is 0 Å². The van der Waals surface area contributed by atoms with Crippen LogP contribution in [0.5, 0.6) is 11.5 Å². The summed E-state index contributed by atoms with van der Waals surface area (Å²) in [4.78, 5) is 23.8. The number of amidine groups is 1. The molecule has 0 bridgehead atoms. The third kappa shape index (κ3) is 2.80. The number of benzene rings is 1. The van der Waals surface area contributed by atoms with E-state index in [1.54, 1.807) is 38.1 Å². The van der Waals surface area contributed by atoms with Gasteiger partial charge in [-0.1, -0.05) is 0 Å². The van der Waals surface area contributed by atoms with Crippen LogP contribution in [0.15, 0.2) is 28.2 Å². The molecule has 4 rings (SSSR count). The first-order valence-electron chi connectivity index (χ1n) is 8.51. The van der Waals surface area contributed by atoms with E-state index in [4.69, 9.17) is 9.47 Å². The molecular formula is C18H20N6O3. The van der Waals surface area contributed by atoms with Gasteiger partial charge in [-0.3, -0.25) is 24.7 Å². The second kappa shape index (κ2) is 6.42. The number of aliphatic imine (C=N–C) groups is 2. The molecule has 0 saturated heterocycles. The van der Waals surface area contributed by atoms with E-state index in [-0.39, 0.29) is 5.91 Å². The highest BCUT2D eigenvalue weighted by molar-refractivity contribution is 6.19.